The molecule has 0 atom stereocenters. The van der Waals surface area contributed by atoms with Gasteiger partial charge in [-0.3, -0.25) is 4.68 Å². The minimum absolute atomic E-state index is 0.252. The van der Waals surface area contributed by atoms with Gasteiger partial charge in [0.05, 0.1) is 18.4 Å². The van der Waals surface area contributed by atoms with E-state index in [4.69, 9.17) is 17.0 Å². The Morgan fingerprint density at radius 2 is 2.00 bits per heavy atom. The first-order valence-corrected chi connectivity index (χ1v) is 6.80. The lowest BCUT2D eigenvalue weighted by molar-refractivity contribution is 0.414. The number of nitrogens with zero attached hydrogens (tertiary/aromatic N) is 2. The molecule has 6 heteroatoms. The van der Waals surface area contributed by atoms with Gasteiger partial charge in [-0.25, -0.2) is 4.39 Å². The molecule has 0 unspecified atom stereocenters. The quantitative estimate of drug-likeness (QED) is 0.812. The molecule has 0 amide bonds. The fourth-order valence-corrected chi connectivity index (χ4v) is 3.03. The number of thiocarbonyl (C=S) groups is 1. The van der Waals surface area contributed by atoms with E-state index in [1.54, 1.807) is 23.9 Å². The van der Waals surface area contributed by atoms with Crippen LogP contribution in [0.1, 0.15) is 11.3 Å². The van der Waals surface area contributed by atoms with Gasteiger partial charge in [0.25, 0.3) is 0 Å². The zero-order valence-corrected chi connectivity index (χ0v) is 12.4. The van der Waals surface area contributed by atoms with Gasteiger partial charge in [0.1, 0.15) is 10.8 Å². The lowest BCUT2D eigenvalue weighted by Gasteiger charge is -2.06. The molecule has 2 aromatic rings. The number of rotatable bonds is 3. The molecule has 0 aliphatic rings. The Morgan fingerprint density at radius 1 is 1.37 bits per heavy atom. The predicted molar refractivity (Wildman–Crippen MR) is 77.2 cm³/mol. The SMILES string of the molecule is COC(=S)c1c(C)nn(C)c1Sc1ccc(F)cc1. The number of benzene rings is 1. The van der Waals surface area contributed by atoms with Crippen LogP contribution in [0.25, 0.3) is 0 Å². The second kappa shape index (κ2) is 5.71. The van der Waals surface area contributed by atoms with Gasteiger partial charge in [0.15, 0.2) is 5.05 Å². The Kier molecular flexibility index (Phi) is 4.21. The van der Waals surface area contributed by atoms with Crippen molar-refractivity contribution in [2.24, 2.45) is 7.05 Å². The number of hydrogen-bond acceptors (Lipinski definition) is 4. The van der Waals surface area contributed by atoms with Crippen LogP contribution in [-0.2, 0) is 11.8 Å². The molecule has 1 aromatic heterocycles. The van der Waals surface area contributed by atoms with Crippen molar-refractivity contribution in [2.45, 2.75) is 16.8 Å². The van der Waals surface area contributed by atoms with Gasteiger partial charge in [-0.15, -0.1) is 0 Å². The number of ether oxygens (including phenoxy) is 1. The van der Waals surface area contributed by atoms with E-state index in [9.17, 15) is 4.39 Å². The second-order valence-electron chi connectivity index (χ2n) is 3.94. The number of halogens is 1. The van der Waals surface area contributed by atoms with E-state index < -0.39 is 0 Å². The van der Waals surface area contributed by atoms with Gasteiger partial charge in [0, 0.05) is 11.9 Å². The van der Waals surface area contributed by atoms with E-state index >= 15 is 0 Å². The largest absolute Gasteiger partial charge is 0.486 e. The van der Waals surface area contributed by atoms with Crippen molar-refractivity contribution in [1.82, 2.24) is 9.78 Å². The van der Waals surface area contributed by atoms with Gasteiger partial charge in [-0.05, 0) is 43.4 Å². The van der Waals surface area contributed by atoms with Gasteiger partial charge in [0.2, 0.25) is 0 Å². The number of aryl methyl sites for hydroxylation is 2. The summed E-state index contributed by atoms with van der Waals surface area (Å²) in [6.45, 7) is 1.88. The molecule has 1 aromatic carbocycles. The highest BCUT2D eigenvalue weighted by molar-refractivity contribution is 7.99. The summed E-state index contributed by atoms with van der Waals surface area (Å²) in [5.41, 5.74) is 1.63. The molecular formula is C13H13FN2OS2. The van der Waals surface area contributed by atoms with E-state index in [1.165, 1.54) is 23.9 Å². The smallest absolute Gasteiger partial charge is 0.195 e. The molecule has 19 heavy (non-hydrogen) atoms. The number of hydrogen-bond donors (Lipinski definition) is 0. The fourth-order valence-electron chi connectivity index (χ4n) is 1.71. The highest BCUT2D eigenvalue weighted by atomic mass is 32.2. The predicted octanol–water partition coefficient (Wildman–Crippen LogP) is 3.34. The van der Waals surface area contributed by atoms with Crippen LogP contribution in [0.3, 0.4) is 0 Å². The van der Waals surface area contributed by atoms with E-state index in [-0.39, 0.29) is 5.82 Å². The maximum absolute atomic E-state index is 12.9. The highest BCUT2D eigenvalue weighted by Crippen LogP contribution is 2.32. The van der Waals surface area contributed by atoms with Crippen LogP contribution in [0.15, 0.2) is 34.2 Å². The summed E-state index contributed by atoms with van der Waals surface area (Å²) in [5, 5.41) is 5.65. The van der Waals surface area contributed by atoms with E-state index in [0.717, 1.165) is 21.2 Å². The summed E-state index contributed by atoms with van der Waals surface area (Å²) in [5.74, 6) is -0.252. The summed E-state index contributed by atoms with van der Waals surface area (Å²) in [6, 6.07) is 6.31. The summed E-state index contributed by atoms with van der Waals surface area (Å²) >= 11 is 6.68. The van der Waals surface area contributed by atoms with E-state index in [0.29, 0.717) is 5.05 Å². The molecule has 0 saturated carbocycles. The summed E-state index contributed by atoms with van der Waals surface area (Å²) in [4.78, 5) is 0.921. The zero-order valence-electron chi connectivity index (χ0n) is 10.8. The first-order chi connectivity index (χ1) is 9.02. The average Bonchev–Trinajstić information content (AvgIpc) is 2.66. The molecule has 0 saturated heterocycles. The molecular weight excluding hydrogens is 283 g/mol. The summed E-state index contributed by atoms with van der Waals surface area (Å²) in [7, 11) is 3.39. The van der Waals surface area contributed by atoms with Crippen LogP contribution >= 0.6 is 24.0 Å². The normalized spacial score (nSPS) is 10.5. The molecule has 1 heterocycles. The number of methoxy groups -OCH3 is 1. The molecule has 2 rings (SSSR count). The lowest BCUT2D eigenvalue weighted by atomic mass is 10.3. The second-order valence-corrected chi connectivity index (χ2v) is 5.37. The first-order valence-electron chi connectivity index (χ1n) is 5.58. The zero-order chi connectivity index (χ0) is 14.0. The van der Waals surface area contributed by atoms with Crippen LogP contribution in [0.4, 0.5) is 4.39 Å². The monoisotopic (exact) mass is 296 g/mol. The minimum atomic E-state index is -0.252. The van der Waals surface area contributed by atoms with Crippen molar-refractivity contribution >= 4 is 29.0 Å². The third-order valence-electron chi connectivity index (χ3n) is 2.59. The van der Waals surface area contributed by atoms with Crippen LogP contribution < -0.4 is 0 Å². The Balaban J connectivity index is 2.39. The fraction of sp³-hybridized carbons (Fsp3) is 0.231. The molecule has 0 radical (unpaired) electrons. The van der Waals surface area contributed by atoms with Gasteiger partial charge in [-0.1, -0.05) is 11.8 Å². The molecule has 0 fully saturated rings. The average molecular weight is 296 g/mol. The Morgan fingerprint density at radius 3 is 2.58 bits per heavy atom. The minimum Gasteiger partial charge on any atom is -0.486 e. The third kappa shape index (κ3) is 2.96. The third-order valence-corrected chi connectivity index (χ3v) is 4.13. The summed E-state index contributed by atoms with van der Waals surface area (Å²) < 4.78 is 19.8. The topological polar surface area (TPSA) is 27.1 Å². The van der Waals surface area contributed by atoms with Gasteiger partial charge in [-0.2, -0.15) is 5.10 Å². The van der Waals surface area contributed by atoms with Crippen molar-refractivity contribution < 1.29 is 9.13 Å². The van der Waals surface area contributed by atoms with Crippen molar-refractivity contribution in [1.29, 1.82) is 0 Å². The van der Waals surface area contributed by atoms with Gasteiger partial charge < -0.3 is 4.74 Å². The molecule has 0 aliphatic carbocycles. The first kappa shape index (κ1) is 14.0. The van der Waals surface area contributed by atoms with Crippen LogP contribution in [0.2, 0.25) is 0 Å². The Bertz CT molecular complexity index is 608. The lowest BCUT2D eigenvalue weighted by Crippen LogP contribution is -2.02. The van der Waals surface area contributed by atoms with Crippen LogP contribution in [0, 0.1) is 12.7 Å². The standard InChI is InChI=1S/C13H13FN2OS2/c1-8-11(13(18)17-3)12(16(2)15-8)19-10-6-4-9(14)5-7-10/h4-7H,1-3H3. The molecule has 3 nitrogen and oxygen atoms in total. The molecule has 0 spiro atoms. The van der Waals surface area contributed by atoms with E-state index in [2.05, 4.69) is 5.10 Å². The van der Waals surface area contributed by atoms with E-state index in [1.807, 2.05) is 14.0 Å². The van der Waals surface area contributed by atoms with Crippen molar-refractivity contribution in [3.63, 3.8) is 0 Å². The Hall–Kier alpha value is -1.40. The highest BCUT2D eigenvalue weighted by Gasteiger charge is 2.18. The van der Waals surface area contributed by atoms with Crippen molar-refractivity contribution in [3.8, 4) is 0 Å². The van der Waals surface area contributed by atoms with Gasteiger partial charge >= 0.3 is 0 Å². The molecule has 0 aliphatic heterocycles. The van der Waals surface area contributed by atoms with Crippen LogP contribution in [0.5, 0.6) is 0 Å². The molecule has 0 bridgehead atoms. The van der Waals surface area contributed by atoms with Crippen LogP contribution in [-0.4, -0.2) is 21.9 Å². The van der Waals surface area contributed by atoms with Crippen molar-refractivity contribution in [3.05, 3.63) is 41.3 Å². The maximum Gasteiger partial charge on any atom is 0.195 e. The maximum atomic E-state index is 12.9. The summed E-state index contributed by atoms with van der Waals surface area (Å²) in [6.07, 6.45) is 0. The molecule has 100 valence electrons. The number of aromatic nitrogens is 2. The molecule has 0 N–H and O–H groups in total. The Labute approximate surface area is 120 Å². The van der Waals surface area contributed by atoms with Crippen molar-refractivity contribution in [2.75, 3.05) is 7.11 Å².